The molecule has 0 bridgehead atoms. The van der Waals surface area contributed by atoms with Gasteiger partial charge in [0.2, 0.25) is 0 Å². The molecular formula is C28H31GeNS. The molecular weight excluding hydrogens is 455 g/mol. The van der Waals surface area contributed by atoms with E-state index in [4.69, 9.17) is 4.98 Å². The third kappa shape index (κ3) is 4.05. The van der Waals surface area contributed by atoms with Gasteiger partial charge in [0.1, 0.15) is 0 Å². The van der Waals surface area contributed by atoms with Crippen LogP contribution in [0.2, 0.25) is 17.3 Å². The second-order valence-corrected chi connectivity index (χ2v) is 23.9. The number of hydrogen-bond acceptors (Lipinski definition) is 2. The van der Waals surface area contributed by atoms with Crippen molar-refractivity contribution in [3.63, 3.8) is 0 Å². The van der Waals surface area contributed by atoms with Gasteiger partial charge in [0.25, 0.3) is 0 Å². The summed E-state index contributed by atoms with van der Waals surface area (Å²) in [5, 5.41) is 6.66. The van der Waals surface area contributed by atoms with E-state index >= 15 is 0 Å². The van der Waals surface area contributed by atoms with E-state index in [0.29, 0.717) is 0 Å². The second kappa shape index (κ2) is 7.38. The summed E-state index contributed by atoms with van der Waals surface area (Å²) in [5.74, 6) is 7.57. The van der Waals surface area contributed by atoms with E-state index in [-0.39, 0.29) is 5.41 Å². The number of fused-ring (bicyclic) bond motifs is 3. The molecule has 2 heterocycles. The minimum atomic E-state index is -1.84. The summed E-state index contributed by atoms with van der Waals surface area (Å²) in [6.07, 6.45) is 3.08. The number of rotatable bonds is 3. The Hall–Kier alpha value is -1.78. The Morgan fingerprint density at radius 3 is 2.45 bits per heavy atom. The molecule has 3 heteroatoms. The van der Waals surface area contributed by atoms with Crippen LogP contribution < -0.4 is 0 Å². The maximum absolute atomic E-state index is 4.93. The van der Waals surface area contributed by atoms with Crippen LogP contribution >= 0.6 is 11.8 Å². The Labute approximate surface area is 193 Å². The van der Waals surface area contributed by atoms with Crippen LogP contribution in [0.3, 0.4) is 0 Å². The fourth-order valence-electron chi connectivity index (χ4n) is 4.85. The minimum absolute atomic E-state index is 0.272. The van der Waals surface area contributed by atoms with Crippen molar-refractivity contribution in [2.75, 3.05) is 0 Å². The molecule has 0 aliphatic carbocycles. The van der Waals surface area contributed by atoms with E-state index in [1.165, 1.54) is 47.7 Å². The van der Waals surface area contributed by atoms with Gasteiger partial charge < -0.3 is 0 Å². The molecule has 31 heavy (non-hydrogen) atoms. The van der Waals surface area contributed by atoms with Crippen LogP contribution in [0.15, 0.2) is 64.5 Å². The van der Waals surface area contributed by atoms with Crippen molar-refractivity contribution in [3.05, 3.63) is 65.9 Å². The van der Waals surface area contributed by atoms with Gasteiger partial charge in [0, 0.05) is 0 Å². The van der Waals surface area contributed by atoms with Crippen LogP contribution in [0.1, 0.15) is 31.9 Å². The van der Waals surface area contributed by atoms with Crippen LogP contribution in [0.5, 0.6) is 0 Å². The molecule has 0 atom stereocenters. The monoisotopic (exact) mass is 487 g/mol. The Morgan fingerprint density at radius 2 is 1.71 bits per heavy atom. The Morgan fingerprint density at radius 1 is 0.935 bits per heavy atom. The van der Waals surface area contributed by atoms with Crippen molar-refractivity contribution >= 4 is 46.6 Å². The van der Waals surface area contributed by atoms with Gasteiger partial charge in [-0.25, -0.2) is 0 Å². The molecule has 158 valence electrons. The summed E-state index contributed by atoms with van der Waals surface area (Å²) in [5.41, 5.74) is 5.74. The first-order chi connectivity index (χ1) is 14.6. The first-order valence-electron chi connectivity index (χ1n) is 11.2. The Kier molecular flexibility index (Phi) is 5.02. The summed E-state index contributed by atoms with van der Waals surface area (Å²) in [6, 6.07) is 18.3. The number of hydrogen-bond donors (Lipinski definition) is 0. The molecule has 4 aromatic rings. The van der Waals surface area contributed by atoms with Gasteiger partial charge in [-0.15, -0.1) is 0 Å². The van der Waals surface area contributed by atoms with E-state index in [1.807, 2.05) is 18.0 Å². The summed E-state index contributed by atoms with van der Waals surface area (Å²) >= 11 is 0.150. The van der Waals surface area contributed by atoms with Gasteiger partial charge in [0.05, 0.1) is 0 Å². The molecule has 0 N–H and O–H groups in total. The molecule has 3 aromatic carbocycles. The molecule has 0 saturated heterocycles. The summed E-state index contributed by atoms with van der Waals surface area (Å²) in [4.78, 5) is 7.75. The maximum atomic E-state index is 4.93. The quantitative estimate of drug-likeness (QED) is 0.237. The Balaban J connectivity index is 1.80. The van der Waals surface area contributed by atoms with E-state index in [9.17, 15) is 0 Å². The second-order valence-electron chi connectivity index (χ2n) is 11.4. The van der Waals surface area contributed by atoms with Crippen molar-refractivity contribution in [2.24, 2.45) is 5.41 Å². The molecule has 0 saturated carbocycles. The zero-order valence-corrected chi connectivity index (χ0v) is 22.4. The number of pyridine rings is 1. The van der Waals surface area contributed by atoms with E-state index in [0.717, 1.165) is 12.1 Å². The predicted octanol–water partition coefficient (Wildman–Crippen LogP) is 8.53. The van der Waals surface area contributed by atoms with Gasteiger partial charge in [0.15, 0.2) is 0 Å². The summed E-state index contributed by atoms with van der Waals surface area (Å²) in [7, 11) is 0. The third-order valence-corrected chi connectivity index (χ3v) is 10.1. The zero-order valence-electron chi connectivity index (χ0n) is 19.5. The predicted molar refractivity (Wildman–Crippen MR) is 139 cm³/mol. The molecule has 0 unspecified atom stereocenters. The number of nitrogens with zero attached hydrogens (tertiary/aromatic N) is 1. The van der Waals surface area contributed by atoms with Crippen molar-refractivity contribution < 1.29 is 0 Å². The van der Waals surface area contributed by atoms with Gasteiger partial charge in [-0.3, -0.25) is 0 Å². The molecule has 1 aromatic heterocycles. The van der Waals surface area contributed by atoms with Gasteiger partial charge in [-0.05, 0) is 0 Å². The zero-order chi connectivity index (χ0) is 22.0. The first-order valence-corrected chi connectivity index (χ1v) is 19.8. The Bertz CT molecular complexity index is 1330. The normalized spacial score (nSPS) is 13.6. The van der Waals surface area contributed by atoms with Crippen LogP contribution in [-0.4, -0.2) is 18.3 Å². The van der Waals surface area contributed by atoms with E-state index in [2.05, 4.69) is 86.6 Å². The number of aromatic nitrogens is 1. The van der Waals surface area contributed by atoms with E-state index < -0.39 is 13.3 Å². The molecule has 0 spiro atoms. The molecule has 0 amide bonds. The van der Waals surface area contributed by atoms with Crippen molar-refractivity contribution in [2.45, 2.75) is 59.5 Å². The summed E-state index contributed by atoms with van der Waals surface area (Å²) in [6.45, 7) is 6.97. The fraction of sp³-hybridized carbons (Fsp3) is 0.321. The fourth-order valence-corrected chi connectivity index (χ4v) is 9.43. The SMILES string of the molecule is CC(C)(C)Cc1cc2c3c(nccc3c1)-c1cc3ccccc3c([CH2][Ge]([CH3])([CH3])[CH3])c1S2. The molecule has 1 nitrogen and oxygen atoms in total. The molecule has 1 aliphatic heterocycles. The van der Waals surface area contributed by atoms with E-state index in [1.54, 1.807) is 5.56 Å². The summed E-state index contributed by atoms with van der Waals surface area (Å²) < 4.78 is 0. The number of benzene rings is 3. The topological polar surface area (TPSA) is 12.9 Å². The van der Waals surface area contributed by atoms with Crippen LogP contribution in [0, 0.1) is 5.41 Å². The molecule has 1 aliphatic rings. The molecule has 0 radical (unpaired) electrons. The molecule has 0 fully saturated rings. The van der Waals surface area contributed by atoms with Crippen molar-refractivity contribution in [1.29, 1.82) is 0 Å². The van der Waals surface area contributed by atoms with Gasteiger partial charge in [-0.1, -0.05) is 0 Å². The van der Waals surface area contributed by atoms with Crippen molar-refractivity contribution in [1.82, 2.24) is 4.98 Å². The van der Waals surface area contributed by atoms with Gasteiger partial charge in [-0.2, -0.15) is 0 Å². The van der Waals surface area contributed by atoms with Crippen LogP contribution in [0.4, 0.5) is 0 Å². The third-order valence-electron chi connectivity index (χ3n) is 5.90. The van der Waals surface area contributed by atoms with Crippen LogP contribution in [0.25, 0.3) is 32.8 Å². The first kappa shape index (κ1) is 21.1. The van der Waals surface area contributed by atoms with Crippen molar-refractivity contribution in [3.8, 4) is 11.3 Å². The van der Waals surface area contributed by atoms with Gasteiger partial charge >= 0.3 is 194 Å². The van der Waals surface area contributed by atoms with Crippen LogP contribution in [-0.2, 0) is 11.7 Å². The standard InChI is InChI=1S/C28H31GeNS/c1-28(2,3)16-18-13-20-11-12-30-26-22-15-19-9-7-8-10-21(19)23(17-29(4,5)6)27(22)31-24(14-18)25(20)26/h7-15H,16-17H2,1-6H3. The average Bonchev–Trinajstić information content (AvgIpc) is 2.66. The average molecular weight is 486 g/mol. The molecule has 5 rings (SSSR count).